The van der Waals surface area contributed by atoms with Crippen molar-refractivity contribution in [1.82, 2.24) is 30.8 Å². The fourth-order valence-corrected chi connectivity index (χ4v) is 7.21. The van der Waals surface area contributed by atoms with Gasteiger partial charge in [-0.3, -0.25) is 0 Å². The minimum Gasteiger partial charge on any atom is -0.507 e. The predicted molar refractivity (Wildman–Crippen MR) is 202 cm³/mol. The van der Waals surface area contributed by atoms with Crippen molar-refractivity contribution in [1.29, 1.82) is 0 Å². The molecular weight excluding hydrogens is 633 g/mol. The molecule has 4 N–H and O–H groups in total. The van der Waals surface area contributed by atoms with Crippen LogP contribution in [0.2, 0.25) is 0 Å². The van der Waals surface area contributed by atoms with Crippen molar-refractivity contribution in [2.75, 3.05) is 0 Å². The maximum atomic E-state index is 12.2. The summed E-state index contributed by atoms with van der Waals surface area (Å²) in [5.41, 5.74) is 10.5. The molecular formula is C43H38N6O2. The van der Waals surface area contributed by atoms with Crippen LogP contribution in [-0.4, -0.2) is 41.0 Å². The second-order valence-corrected chi connectivity index (χ2v) is 14.2. The molecule has 0 saturated heterocycles. The molecule has 8 heteroatoms. The highest BCUT2D eigenvalue weighted by Gasteiger charge is 2.29. The first-order valence-corrected chi connectivity index (χ1v) is 17.1. The lowest BCUT2D eigenvalue weighted by atomic mass is 9.75. The number of phenols is 2. The third kappa shape index (κ3) is 5.49. The van der Waals surface area contributed by atoms with Gasteiger partial charge in [-0.1, -0.05) is 125 Å². The molecule has 6 aromatic carbocycles. The predicted octanol–water partition coefficient (Wildman–Crippen LogP) is 9.22. The van der Waals surface area contributed by atoms with E-state index in [1.54, 1.807) is 0 Å². The summed E-state index contributed by atoms with van der Waals surface area (Å²) in [5.74, 6) is 0.260. The first kappa shape index (κ1) is 32.0. The van der Waals surface area contributed by atoms with E-state index in [2.05, 4.69) is 107 Å². The van der Waals surface area contributed by atoms with E-state index in [0.29, 0.717) is 44.3 Å². The van der Waals surface area contributed by atoms with Gasteiger partial charge >= 0.3 is 0 Å². The topological polar surface area (TPSA) is 124 Å². The van der Waals surface area contributed by atoms with Crippen LogP contribution in [0.15, 0.2) is 121 Å². The van der Waals surface area contributed by atoms with Crippen molar-refractivity contribution < 1.29 is 10.2 Å². The lowest BCUT2D eigenvalue weighted by Crippen LogP contribution is -2.20. The number of aromatic hydroxyl groups is 2. The van der Waals surface area contributed by atoms with Crippen LogP contribution in [-0.2, 0) is 17.3 Å². The van der Waals surface area contributed by atoms with Gasteiger partial charge in [-0.15, -0.1) is 0 Å². The molecule has 8 nitrogen and oxygen atoms in total. The van der Waals surface area contributed by atoms with Crippen molar-refractivity contribution in [2.24, 2.45) is 0 Å². The maximum Gasteiger partial charge on any atom is 0.127 e. The summed E-state index contributed by atoms with van der Waals surface area (Å²) in [4.78, 5) is 0. The average Bonchev–Trinajstić information content (AvgIpc) is 3.84. The maximum absolute atomic E-state index is 12.2. The van der Waals surface area contributed by atoms with Crippen LogP contribution in [0.4, 0.5) is 0 Å². The number of rotatable bonds is 8. The summed E-state index contributed by atoms with van der Waals surface area (Å²) >= 11 is 0. The number of para-hydroxylation sites is 2. The molecule has 8 aromatic rings. The Labute approximate surface area is 295 Å². The van der Waals surface area contributed by atoms with E-state index < -0.39 is 10.8 Å². The Morgan fingerprint density at radius 2 is 0.863 bits per heavy atom. The third-order valence-electron chi connectivity index (χ3n) is 10.5. The molecule has 0 aliphatic heterocycles. The van der Waals surface area contributed by atoms with Gasteiger partial charge in [0.05, 0.1) is 0 Å². The molecule has 0 aliphatic carbocycles. The summed E-state index contributed by atoms with van der Waals surface area (Å²) in [5, 5.41) is 47.4. The lowest BCUT2D eigenvalue weighted by Gasteiger charge is -2.29. The molecule has 2 heterocycles. The van der Waals surface area contributed by atoms with Gasteiger partial charge in [0.1, 0.15) is 33.6 Å². The number of aromatic nitrogens is 6. The minimum atomic E-state index is -0.414. The van der Waals surface area contributed by atoms with Gasteiger partial charge in [-0.2, -0.15) is 30.8 Å². The lowest BCUT2D eigenvalue weighted by molar-refractivity contribution is 0.464. The zero-order chi connectivity index (χ0) is 35.3. The number of fused-ring (bicyclic) bond motifs is 2. The number of nitrogens with zero attached hydrogens (tertiary/aromatic N) is 4. The van der Waals surface area contributed by atoms with Crippen LogP contribution in [0.25, 0.3) is 44.3 Å². The monoisotopic (exact) mass is 670 g/mol. The quantitative estimate of drug-likeness (QED) is 0.128. The Bertz CT molecular complexity index is 2360. The van der Waals surface area contributed by atoms with Gasteiger partial charge in [0.25, 0.3) is 0 Å². The van der Waals surface area contributed by atoms with Crippen LogP contribution in [0, 0.1) is 0 Å². The van der Waals surface area contributed by atoms with Crippen molar-refractivity contribution in [3.05, 3.63) is 155 Å². The van der Waals surface area contributed by atoms with Crippen molar-refractivity contribution in [3.8, 4) is 33.8 Å². The molecule has 2 aromatic heterocycles. The number of benzene rings is 6. The van der Waals surface area contributed by atoms with E-state index in [1.807, 2.05) is 72.8 Å². The fraction of sp³-hybridized carbons (Fsp3) is 0.163. The SMILES string of the molecule is CC(C)(c1ccccc1)c1cc(Cc2cc(C(C)(C)c3ccccc3)cc(-c3cccc4n[nH]nc34)c2O)c(O)c(-c2cccc3n[nH]nc23)c1. The van der Waals surface area contributed by atoms with Crippen LogP contribution >= 0.6 is 0 Å². The summed E-state index contributed by atoms with van der Waals surface area (Å²) < 4.78 is 0. The number of H-pyrrole nitrogens is 2. The number of phenolic OH excluding ortho intramolecular Hbond substituents is 2. The Hall–Kier alpha value is -6.28. The molecule has 0 unspecified atom stereocenters. The zero-order valence-electron chi connectivity index (χ0n) is 28.9. The second kappa shape index (κ2) is 12.2. The molecule has 252 valence electrons. The van der Waals surface area contributed by atoms with E-state index >= 15 is 0 Å². The van der Waals surface area contributed by atoms with Gasteiger partial charge in [-0.25, -0.2) is 0 Å². The standard InChI is InChI=1S/C43H38N6O2/c1-42(2,28-13-7-5-8-14-28)30-22-26(40(50)34(24-30)32-17-11-19-36-38(32)46-48-44-36)21-27-23-31(43(3,4)29-15-9-6-10-16-29)25-35(41(27)51)33-18-12-20-37-39(33)47-49-45-37/h5-20,22-25,50-51H,21H2,1-4H3,(H,44,46,48)(H,45,47,49). The Kier molecular flexibility index (Phi) is 7.67. The van der Waals surface area contributed by atoms with Crippen LogP contribution in [0.3, 0.4) is 0 Å². The number of hydrogen-bond donors (Lipinski definition) is 4. The largest absolute Gasteiger partial charge is 0.507 e. The van der Waals surface area contributed by atoms with Crippen molar-refractivity contribution >= 4 is 22.1 Å². The average molecular weight is 671 g/mol. The van der Waals surface area contributed by atoms with E-state index in [-0.39, 0.29) is 17.9 Å². The van der Waals surface area contributed by atoms with Gasteiger partial charge in [0.2, 0.25) is 0 Å². The first-order chi connectivity index (χ1) is 24.6. The summed E-state index contributed by atoms with van der Waals surface area (Å²) in [6.07, 6.45) is 0.263. The van der Waals surface area contributed by atoms with Crippen molar-refractivity contribution in [3.63, 3.8) is 0 Å². The van der Waals surface area contributed by atoms with Crippen LogP contribution in [0.1, 0.15) is 61.1 Å². The van der Waals surface area contributed by atoms with E-state index in [4.69, 9.17) is 0 Å². The molecule has 0 spiro atoms. The van der Waals surface area contributed by atoms with Crippen LogP contribution in [0.5, 0.6) is 11.5 Å². The van der Waals surface area contributed by atoms with E-state index in [0.717, 1.165) is 33.4 Å². The number of nitrogens with one attached hydrogen (secondary N) is 2. The summed E-state index contributed by atoms with van der Waals surface area (Å²) in [6, 6.07) is 40.5. The van der Waals surface area contributed by atoms with Crippen LogP contribution < -0.4 is 0 Å². The fourth-order valence-electron chi connectivity index (χ4n) is 7.21. The zero-order valence-corrected chi connectivity index (χ0v) is 28.9. The second-order valence-electron chi connectivity index (χ2n) is 14.2. The molecule has 0 bridgehead atoms. The van der Waals surface area contributed by atoms with Crippen molar-refractivity contribution in [2.45, 2.75) is 44.9 Å². The molecule has 0 aliphatic rings. The highest BCUT2D eigenvalue weighted by molar-refractivity contribution is 5.95. The number of hydrogen-bond acceptors (Lipinski definition) is 6. The third-order valence-corrected chi connectivity index (χ3v) is 10.5. The molecule has 0 fully saturated rings. The van der Waals surface area contributed by atoms with Gasteiger partial charge < -0.3 is 10.2 Å². The van der Waals surface area contributed by atoms with Gasteiger partial charge in [0.15, 0.2) is 0 Å². The molecule has 0 amide bonds. The normalized spacial score (nSPS) is 12.2. The Morgan fingerprint density at radius 1 is 0.451 bits per heavy atom. The smallest absolute Gasteiger partial charge is 0.127 e. The number of aromatic amines is 2. The summed E-state index contributed by atoms with van der Waals surface area (Å²) in [6.45, 7) is 8.76. The highest BCUT2D eigenvalue weighted by atomic mass is 16.3. The molecule has 8 rings (SSSR count). The molecule has 51 heavy (non-hydrogen) atoms. The van der Waals surface area contributed by atoms with Gasteiger partial charge in [0, 0.05) is 39.5 Å². The Morgan fingerprint density at radius 3 is 1.27 bits per heavy atom. The van der Waals surface area contributed by atoms with E-state index in [9.17, 15) is 10.2 Å². The molecule has 0 saturated carbocycles. The van der Waals surface area contributed by atoms with E-state index in [1.165, 1.54) is 0 Å². The molecule has 0 radical (unpaired) electrons. The minimum absolute atomic E-state index is 0.130. The highest BCUT2D eigenvalue weighted by Crippen LogP contribution is 2.45. The summed E-state index contributed by atoms with van der Waals surface area (Å²) in [7, 11) is 0. The molecule has 0 atom stereocenters. The van der Waals surface area contributed by atoms with Gasteiger partial charge in [-0.05, 0) is 57.6 Å². The first-order valence-electron chi connectivity index (χ1n) is 17.1. The Balaban J connectivity index is 1.36.